The van der Waals surface area contributed by atoms with Crippen LogP contribution in [0.25, 0.3) is 0 Å². The molecule has 1 atom stereocenters. The molecule has 1 nitrogen and oxygen atoms in total. The molecule has 0 aromatic heterocycles. The molecule has 0 heterocycles. The maximum atomic E-state index is 13.1. The average Bonchev–Trinajstić information content (AvgIpc) is 2.04. The van der Waals surface area contributed by atoms with Gasteiger partial charge in [-0.15, -0.1) is 11.8 Å². The van der Waals surface area contributed by atoms with Crippen molar-refractivity contribution in [3.05, 3.63) is 29.6 Å². The van der Waals surface area contributed by atoms with Crippen LogP contribution in [0.15, 0.2) is 23.1 Å². The molecule has 1 aromatic rings. The molecular weight excluding hydrogens is 175 g/mol. The lowest BCUT2D eigenvalue weighted by molar-refractivity contribution is 0.198. The maximum absolute atomic E-state index is 13.1. The normalized spacial score (nSPS) is 13.0. The van der Waals surface area contributed by atoms with E-state index in [4.69, 9.17) is 5.11 Å². The number of halogens is 1. The van der Waals surface area contributed by atoms with E-state index in [1.165, 1.54) is 17.8 Å². The van der Waals surface area contributed by atoms with Gasteiger partial charge in [0.1, 0.15) is 5.82 Å². The molecule has 0 aliphatic heterocycles. The van der Waals surface area contributed by atoms with Gasteiger partial charge in [-0.2, -0.15) is 0 Å². The lowest BCUT2D eigenvalue weighted by Gasteiger charge is -2.05. The monoisotopic (exact) mass is 186 g/mol. The fourth-order valence-electron chi connectivity index (χ4n) is 0.942. The van der Waals surface area contributed by atoms with Crippen molar-refractivity contribution in [3.8, 4) is 0 Å². The molecule has 0 aliphatic carbocycles. The van der Waals surface area contributed by atoms with Crippen LogP contribution < -0.4 is 0 Å². The highest BCUT2D eigenvalue weighted by molar-refractivity contribution is 7.98. The van der Waals surface area contributed by atoms with Gasteiger partial charge in [0.25, 0.3) is 0 Å². The standard InChI is InChI=1S/C9H11FOS/c1-6(11)7-3-4-9(12-2)8(10)5-7/h3-6,11H,1-2H3/t6-/m1/s1. The van der Waals surface area contributed by atoms with Gasteiger partial charge >= 0.3 is 0 Å². The highest BCUT2D eigenvalue weighted by atomic mass is 32.2. The molecular formula is C9H11FOS. The Bertz CT molecular complexity index is 273. The van der Waals surface area contributed by atoms with E-state index in [0.717, 1.165) is 0 Å². The first kappa shape index (κ1) is 9.55. The first-order valence-corrected chi connectivity index (χ1v) is 4.89. The average molecular weight is 186 g/mol. The van der Waals surface area contributed by atoms with Gasteiger partial charge in [-0.05, 0) is 30.9 Å². The van der Waals surface area contributed by atoms with Crippen molar-refractivity contribution < 1.29 is 9.50 Å². The summed E-state index contributed by atoms with van der Waals surface area (Å²) in [5.74, 6) is -0.263. The van der Waals surface area contributed by atoms with E-state index in [1.54, 1.807) is 19.1 Å². The van der Waals surface area contributed by atoms with Gasteiger partial charge in [0.2, 0.25) is 0 Å². The Hall–Kier alpha value is -0.540. The topological polar surface area (TPSA) is 20.2 Å². The molecule has 0 bridgehead atoms. The Labute approximate surface area is 75.6 Å². The van der Waals surface area contributed by atoms with Crippen LogP contribution in [0.3, 0.4) is 0 Å². The minimum atomic E-state index is -0.601. The van der Waals surface area contributed by atoms with Crippen LogP contribution >= 0.6 is 11.8 Å². The Morgan fingerprint density at radius 1 is 1.50 bits per heavy atom. The van der Waals surface area contributed by atoms with Crippen LogP contribution in [-0.2, 0) is 0 Å². The lowest BCUT2D eigenvalue weighted by atomic mass is 10.1. The molecule has 66 valence electrons. The third-order valence-electron chi connectivity index (χ3n) is 1.66. The molecule has 0 saturated heterocycles. The number of aliphatic hydroxyl groups excluding tert-OH is 1. The van der Waals surface area contributed by atoms with Gasteiger partial charge in [-0.25, -0.2) is 4.39 Å². The minimum absolute atomic E-state index is 0.263. The van der Waals surface area contributed by atoms with Crippen molar-refractivity contribution in [2.75, 3.05) is 6.26 Å². The molecule has 0 saturated carbocycles. The number of hydrogen-bond donors (Lipinski definition) is 1. The summed E-state index contributed by atoms with van der Waals surface area (Å²) in [5.41, 5.74) is 0.616. The Morgan fingerprint density at radius 2 is 2.17 bits per heavy atom. The molecule has 0 radical (unpaired) electrons. The van der Waals surface area contributed by atoms with Gasteiger partial charge in [0, 0.05) is 4.90 Å². The highest BCUT2D eigenvalue weighted by Crippen LogP contribution is 2.22. The first-order chi connectivity index (χ1) is 5.65. The zero-order valence-electron chi connectivity index (χ0n) is 7.04. The van der Waals surface area contributed by atoms with Crippen LogP contribution in [0, 0.1) is 5.82 Å². The second kappa shape index (κ2) is 3.92. The van der Waals surface area contributed by atoms with Crippen molar-refractivity contribution in [3.63, 3.8) is 0 Å². The van der Waals surface area contributed by atoms with Crippen molar-refractivity contribution in [1.82, 2.24) is 0 Å². The molecule has 0 aliphatic rings. The fraction of sp³-hybridized carbons (Fsp3) is 0.333. The summed E-state index contributed by atoms with van der Waals surface area (Å²) < 4.78 is 13.1. The number of aliphatic hydroxyl groups is 1. The van der Waals surface area contributed by atoms with E-state index in [9.17, 15) is 4.39 Å². The van der Waals surface area contributed by atoms with Gasteiger partial charge in [0.05, 0.1) is 6.10 Å². The quantitative estimate of drug-likeness (QED) is 0.716. The van der Waals surface area contributed by atoms with Crippen molar-refractivity contribution >= 4 is 11.8 Å². The summed E-state index contributed by atoms with van der Waals surface area (Å²) in [5, 5.41) is 9.14. The van der Waals surface area contributed by atoms with Crippen LogP contribution in [-0.4, -0.2) is 11.4 Å². The number of thioether (sulfide) groups is 1. The molecule has 0 unspecified atom stereocenters. The van der Waals surface area contributed by atoms with E-state index in [0.29, 0.717) is 10.5 Å². The number of hydrogen-bond acceptors (Lipinski definition) is 2. The van der Waals surface area contributed by atoms with E-state index in [1.807, 2.05) is 6.26 Å². The summed E-state index contributed by atoms with van der Waals surface area (Å²) in [6, 6.07) is 4.79. The highest BCUT2D eigenvalue weighted by Gasteiger charge is 2.05. The lowest BCUT2D eigenvalue weighted by Crippen LogP contribution is -1.92. The molecule has 12 heavy (non-hydrogen) atoms. The van der Waals surface area contributed by atoms with E-state index in [2.05, 4.69) is 0 Å². The van der Waals surface area contributed by atoms with Gasteiger partial charge in [-0.3, -0.25) is 0 Å². The third kappa shape index (κ3) is 1.99. The van der Waals surface area contributed by atoms with Gasteiger partial charge < -0.3 is 5.11 Å². The number of benzene rings is 1. The molecule has 3 heteroatoms. The van der Waals surface area contributed by atoms with Crippen molar-refractivity contribution in [1.29, 1.82) is 0 Å². The predicted molar refractivity (Wildman–Crippen MR) is 48.8 cm³/mol. The first-order valence-electron chi connectivity index (χ1n) is 3.66. The summed E-state index contributed by atoms with van der Waals surface area (Å²) in [7, 11) is 0. The summed E-state index contributed by atoms with van der Waals surface area (Å²) in [6.45, 7) is 1.62. The zero-order chi connectivity index (χ0) is 9.14. The SMILES string of the molecule is CSc1ccc([C@@H](C)O)cc1F. The largest absolute Gasteiger partial charge is 0.389 e. The minimum Gasteiger partial charge on any atom is -0.389 e. The van der Waals surface area contributed by atoms with E-state index < -0.39 is 6.10 Å². The molecule has 1 rings (SSSR count). The van der Waals surface area contributed by atoms with Crippen LogP contribution in [0.1, 0.15) is 18.6 Å². The Kier molecular flexibility index (Phi) is 3.12. The fourth-order valence-corrected chi connectivity index (χ4v) is 1.40. The van der Waals surface area contributed by atoms with Gasteiger partial charge in [0.15, 0.2) is 0 Å². The van der Waals surface area contributed by atoms with Crippen molar-refractivity contribution in [2.45, 2.75) is 17.9 Å². The molecule has 0 spiro atoms. The van der Waals surface area contributed by atoms with Crippen LogP contribution in [0.4, 0.5) is 4.39 Å². The zero-order valence-corrected chi connectivity index (χ0v) is 7.86. The summed E-state index contributed by atoms with van der Waals surface area (Å²) in [6.07, 6.45) is 1.22. The van der Waals surface area contributed by atoms with Crippen molar-refractivity contribution in [2.24, 2.45) is 0 Å². The van der Waals surface area contributed by atoms with Gasteiger partial charge in [-0.1, -0.05) is 6.07 Å². The third-order valence-corrected chi connectivity index (χ3v) is 2.43. The Balaban J connectivity index is 3.02. The molecule has 1 aromatic carbocycles. The smallest absolute Gasteiger partial charge is 0.137 e. The predicted octanol–water partition coefficient (Wildman–Crippen LogP) is 2.60. The maximum Gasteiger partial charge on any atom is 0.137 e. The summed E-state index contributed by atoms with van der Waals surface area (Å²) >= 11 is 1.36. The van der Waals surface area contributed by atoms with Crippen LogP contribution in [0.5, 0.6) is 0 Å². The summed E-state index contributed by atoms with van der Waals surface area (Å²) in [4.78, 5) is 0.611. The van der Waals surface area contributed by atoms with Crippen LogP contribution in [0.2, 0.25) is 0 Å². The van der Waals surface area contributed by atoms with E-state index in [-0.39, 0.29) is 5.82 Å². The van der Waals surface area contributed by atoms with E-state index >= 15 is 0 Å². The molecule has 0 fully saturated rings. The molecule has 1 N–H and O–H groups in total. The Morgan fingerprint density at radius 3 is 2.58 bits per heavy atom. The molecule has 0 amide bonds. The second-order valence-corrected chi connectivity index (χ2v) is 3.42. The second-order valence-electron chi connectivity index (χ2n) is 2.57. The number of rotatable bonds is 2.